The van der Waals surface area contributed by atoms with Gasteiger partial charge in [0.2, 0.25) is 0 Å². The number of aliphatic hydroxyl groups excluding tert-OH is 2. The van der Waals surface area contributed by atoms with E-state index in [1.165, 1.54) is 0 Å². The second-order valence-electron chi connectivity index (χ2n) is 7.30. The van der Waals surface area contributed by atoms with Crippen molar-refractivity contribution in [2.24, 2.45) is 0 Å². The van der Waals surface area contributed by atoms with Gasteiger partial charge >= 0.3 is 5.97 Å². The zero-order chi connectivity index (χ0) is 19.5. The number of aliphatic hydroxyl groups is 2. The number of rotatable bonds is 13. The van der Waals surface area contributed by atoms with Crippen LogP contribution in [-0.2, 0) is 19.1 Å². The van der Waals surface area contributed by atoms with Crippen LogP contribution in [0.4, 0.5) is 0 Å². The second kappa shape index (κ2) is 12.4. The molecule has 5 atom stereocenters. The van der Waals surface area contributed by atoms with Crippen LogP contribution in [0, 0.1) is 0 Å². The maximum Gasteiger partial charge on any atom is 0.310 e. The van der Waals surface area contributed by atoms with Gasteiger partial charge in [-0.2, -0.15) is 0 Å². The van der Waals surface area contributed by atoms with Crippen molar-refractivity contribution in [2.45, 2.75) is 109 Å². The van der Waals surface area contributed by atoms with Crippen molar-refractivity contribution in [1.29, 1.82) is 0 Å². The van der Waals surface area contributed by atoms with Crippen molar-refractivity contribution in [1.82, 2.24) is 0 Å². The molecule has 1 aliphatic heterocycles. The average molecular weight is 374 g/mol. The predicted octanol–water partition coefficient (Wildman–Crippen LogP) is 2.41. The Balaban J connectivity index is 2.00. The molecule has 1 heterocycles. The summed E-state index contributed by atoms with van der Waals surface area (Å²) in [5.41, 5.74) is 0. The van der Waals surface area contributed by atoms with Crippen LogP contribution < -0.4 is 0 Å². The van der Waals surface area contributed by atoms with Gasteiger partial charge in [-0.3, -0.25) is 9.59 Å². The topological polar surface area (TPSA) is 113 Å². The minimum Gasteiger partial charge on any atom is -0.481 e. The van der Waals surface area contributed by atoms with Crippen LogP contribution in [-0.4, -0.2) is 57.8 Å². The molecule has 0 aromatic carbocycles. The molecule has 1 fully saturated rings. The smallest absolute Gasteiger partial charge is 0.310 e. The highest BCUT2D eigenvalue weighted by atomic mass is 16.7. The van der Waals surface area contributed by atoms with Gasteiger partial charge in [0, 0.05) is 12.8 Å². The lowest BCUT2D eigenvalue weighted by Gasteiger charge is -2.36. The molecule has 0 saturated carbocycles. The number of hydrogen-bond acceptors (Lipinski definition) is 6. The van der Waals surface area contributed by atoms with Crippen molar-refractivity contribution in [3.8, 4) is 0 Å². The lowest BCUT2D eigenvalue weighted by Crippen LogP contribution is -2.48. The van der Waals surface area contributed by atoms with Crippen LogP contribution in [0.5, 0.6) is 0 Å². The van der Waals surface area contributed by atoms with Gasteiger partial charge in [-0.1, -0.05) is 32.1 Å². The van der Waals surface area contributed by atoms with Crippen LogP contribution in [0.3, 0.4) is 0 Å². The summed E-state index contributed by atoms with van der Waals surface area (Å²) in [4.78, 5) is 21.6. The first-order chi connectivity index (χ1) is 12.3. The summed E-state index contributed by atoms with van der Waals surface area (Å²) in [6.07, 6.45) is 4.55. The molecule has 7 heteroatoms. The molecule has 0 aliphatic carbocycles. The quantitative estimate of drug-likeness (QED) is 0.335. The normalized spacial score (nSPS) is 27.2. The largest absolute Gasteiger partial charge is 0.481 e. The molecule has 0 spiro atoms. The number of carbonyl (C=O) groups is 2. The van der Waals surface area contributed by atoms with E-state index in [4.69, 9.17) is 14.6 Å². The Bertz CT molecular complexity index is 426. The third-order valence-electron chi connectivity index (χ3n) is 4.72. The monoisotopic (exact) mass is 374 g/mol. The first-order valence-electron chi connectivity index (χ1n) is 9.70. The number of carbonyl (C=O) groups excluding carboxylic acids is 1. The SMILES string of the molecule is C[C@H](CCCCCCCCC(=O)CC(=O)O)O[C@@H]1O[C@@H](C)[C@H](O)C[C@H]1O. The van der Waals surface area contributed by atoms with E-state index in [9.17, 15) is 19.8 Å². The van der Waals surface area contributed by atoms with E-state index in [0.717, 1.165) is 44.9 Å². The Morgan fingerprint density at radius 1 is 1.08 bits per heavy atom. The van der Waals surface area contributed by atoms with Crippen molar-refractivity contribution >= 4 is 11.8 Å². The highest BCUT2D eigenvalue weighted by Gasteiger charge is 2.35. The summed E-state index contributed by atoms with van der Waals surface area (Å²) in [7, 11) is 0. The molecule has 152 valence electrons. The molecule has 0 amide bonds. The van der Waals surface area contributed by atoms with E-state index in [1.54, 1.807) is 6.92 Å². The van der Waals surface area contributed by atoms with Crippen molar-refractivity contribution in [2.75, 3.05) is 0 Å². The van der Waals surface area contributed by atoms with Gasteiger partial charge in [0.1, 0.15) is 18.3 Å². The number of ether oxygens (including phenoxy) is 2. The van der Waals surface area contributed by atoms with Crippen LogP contribution in [0.15, 0.2) is 0 Å². The Labute approximate surface area is 155 Å². The number of carboxylic acid groups (broad SMARTS) is 1. The van der Waals surface area contributed by atoms with Gasteiger partial charge < -0.3 is 24.8 Å². The standard InChI is InChI=1S/C19H34O7/c1-13(25-19-17(22)12-16(21)14(2)26-19)9-7-5-3-4-6-8-10-15(20)11-18(23)24/h13-14,16-17,19,21-22H,3-12H2,1-2H3,(H,23,24)/t13-,14+,16-,17-,19-/m1/s1. The predicted molar refractivity (Wildman–Crippen MR) is 95.7 cm³/mol. The molecule has 1 saturated heterocycles. The molecule has 26 heavy (non-hydrogen) atoms. The zero-order valence-electron chi connectivity index (χ0n) is 15.9. The summed E-state index contributed by atoms with van der Waals surface area (Å²) in [6.45, 7) is 3.73. The molecular formula is C19H34O7. The van der Waals surface area contributed by atoms with Crippen LogP contribution >= 0.6 is 0 Å². The number of aliphatic carboxylic acids is 1. The van der Waals surface area contributed by atoms with Crippen molar-refractivity contribution in [3.05, 3.63) is 0 Å². The van der Waals surface area contributed by atoms with Crippen LogP contribution in [0.25, 0.3) is 0 Å². The molecule has 0 radical (unpaired) electrons. The summed E-state index contributed by atoms with van der Waals surface area (Å²) >= 11 is 0. The first kappa shape index (κ1) is 23.0. The molecule has 0 unspecified atom stereocenters. The summed E-state index contributed by atoms with van der Waals surface area (Å²) in [6, 6.07) is 0. The van der Waals surface area contributed by atoms with Gasteiger partial charge in [-0.05, 0) is 26.7 Å². The van der Waals surface area contributed by atoms with Gasteiger partial charge in [0.25, 0.3) is 0 Å². The van der Waals surface area contributed by atoms with Gasteiger partial charge in [0.05, 0.1) is 18.3 Å². The van der Waals surface area contributed by atoms with E-state index in [0.29, 0.717) is 6.42 Å². The second-order valence-corrected chi connectivity index (χ2v) is 7.30. The van der Waals surface area contributed by atoms with Crippen molar-refractivity contribution in [3.63, 3.8) is 0 Å². The fourth-order valence-electron chi connectivity index (χ4n) is 3.08. The lowest BCUT2D eigenvalue weighted by atomic mass is 10.0. The Kier molecular flexibility index (Phi) is 11.0. The number of Topliss-reactive ketones (excluding diaryl/α,β-unsaturated/α-hetero) is 1. The number of unbranched alkanes of at least 4 members (excludes halogenated alkanes) is 5. The summed E-state index contributed by atoms with van der Waals surface area (Å²) in [5, 5.41) is 28.1. The Hall–Kier alpha value is -1.02. The summed E-state index contributed by atoms with van der Waals surface area (Å²) < 4.78 is 11.3. The van der Waals surface area contributed by atoms with Gasteiger partial charge in [0.15, 0.2) is 6.29 Å². The number of hydrogen-bond donors (Lipinski definition) is 3. The first-order valence-corrected chi connectivity index (χ1v) is 9.70. The van der Waals surface area contributed by atoms with E-state index in [2.05, 4.69) is 0 Å². The van der Waals surface area contributed by atoms with Gasteiger partial charge in [-0.15, -0.1) is 0 Å². The fraction of sp³-hybridized carbons (Fsp3) is 0.895. The highest BCUT2D eigenvalue weighted by Crippen LogP contribution is 2.23. The Morgan fingerprint density at radius 2 is 1.69 bits per heavy atom. The van der Waals surface area contributed by atoms with E-state index in [1.807, 2.05) is 6.92 Å². The third-order valence-corrected chi connectivity index (χ3v) is 4.72. The summed E-state index contributed by atoms with van der Waals surface area (Å²) in [5.74, 6) is -1.25. The molecule has 1 aliphatic rings. The van der Waals surface area contributed by atoms with Gasteiger partial charge in [-0.25, -0.2) is 0 Å². The van der Waals surface area contributed by atoms with E-state index < -0.39 is 24.5 Å². The molecule has 0 aromatic rings. The molecule has 1 rings (SSSR count). The lowest BCUT2D eigenvalue weighted by molar-refractivity contribution is -0.273. The minimum absolute atomic E-state index is 0.0225. The zero-order valence-corrected chi connectivity index (χ0v) is 15.9. The minimum atomic E-state index is -1.05. The van der Waals surface area contributed by atoms with E-state index >= 15 is 0 Å². The molecule has 7 nitrogen and oxygen atoms in total. The Morgan fingerprint density at radius 3 is 2.35 bits per heavy atom. The molecule has 3 N–H and O–H groups in total. The fourth-order valence-corrected chi connectivity index (χ4v) is 3.08. The highest BCUT2D eigenvalue weighted by molar-refractivity contribution is 5.94. The van der Waals surface area contributed by atoms with Crippen molar-refractivity contribution < 1.29 is 34.4 Å². The number of carboxylic acids is 1. The number of ketones is 1. The average Bonchev–Trinajstić information content (AvgIpc) is 2.54. The maximum atomic E-state index is 11.3. The van der Waals surface area contributed by atoms with Crippen LogP contribution in [0.1, 0.15) is 78.1 Å². The van der Waals surface area contributed by atoms with Crippen LogP contribution in [0.2, 0.25) is 0 Å². The molecule has 0 aromatic heterocycles. The third kappa shape index (κ3) is 9.62. The van der Waals surface area contributed by atoms with E-state index in [-0.39, 0.29) is 30.8 Å². The molecule has 0 bridgehead atoms. The maximum absolute atomic E-state index is 11.3. The molecular weight excluding hydrogens is 340 g/mol.